The first-order chi connectivity index (χ1) is 5.83. The summed E-state index contributed by atoms with van der Waals surface area (Å²) < 4.78 is 16.8. The van der Waals surface area contributed by atoms with Gasteiger partial charge >= 0.3 is 0 Å². The maximum Gasteiger partial charge on any atom is 0.139 e. The minimum absolute atomic E-state index is 0.363. The molecule has 0 spiro atoms. The molecule has 0 saturated heterocycles. The normalized spacial score (nSPS) is 9.75. The first-order valence-corrected chi connectivity index (χ1v) is 3.72. The van der Waals surface area contributed by atoms with Gasteiger partial charge in [-0.05, 0) is 0 Å². The maximum absolute atomic E-state index is 11.7. The lowest BCUT2D eigenvalue weighted by Crippen LogP contribution is -1.99. The van der Waals surface area contributed by atoms with Crippen LogP contribution in [0.3, 0.4) is 0 Å². The second kappa shape index (κ2) is 4.54. The van der Waals surface area contributed by atoms with Crippen LogP contribution in [0.1, 0.15) is 6.42 Å². The summed E-state index contributed by atoms with van der Waals surface area (Å²) in [6.45, 7) is -0.00260. The number of hydrogen-bond donors (Lipinski definition) is 1. The van der Waals surface area contributed by atoms with Crippen LogP contribution >= 0.6 is 0 Å². The van der Waals surface area contributed by atoms with Crippen molar-refractivity contribution in [1.29, 1.82) is 0 Å². The van der Waals surface area contributed by atoms with E-state index in [1.165, 1.54) is 6.20 Å². The minimum Gasteiger partial charge on any atom is -0.492 e. The highest BCUT2D eigenvalue weighted by Gasteiger charge is 1.93. The molecule has 0 aromatic carbocycles. The number of hydrogen-bond acceptors (Lipinski definition) is 3. The van der Waals surface area contributed by atoms with Crippen molar-refractivity contribution in [2.24, 2.45) is 0 Å². The van der Waals surface area contributed by atoms with Crippen LogP contribution in [0.2, 0.25) is 0 Å². The number of rotatable bonds is 4. The highest BCUT2D eigenvalue weighted by molar-refractivity contribution is 5.39. The molecule has 1 heterocycles. The smallest absolute Gasteiger partial charge is 0.139 e. The van der Waals surface area contributed by atoms with E-state index in [0.717, 1.165) is 0 Å². The highest BCUT2D eigenvalue weighted by atomic mass is 19.1. The Morgan fingerprint density at radius 2 is 2.33 bits per heavy atom. The lowest BCUT2D eigenvalue weighted by Gasteiger charge is -2.03. The predicted molar refractivity (Wildman–Crippen MR) is 44.7 cm³/mol. The number of anilines is 1. The molecule has 0 bridgehead atoms. The van der Waals surface area contributed by atoms with Gasteiger partial charge in [-0.3, -0.25) is 9.37 Å². The van der Waals surface area contributed by atoms with Crippen molar-refractivity contribution in [3.63, 3.8) is 0 Å². The van der Waals surface area contributed by atoms with Crippen LogP contribution in [0.25, 0.3) is 0 Å². The minimum atomic E-state index is -0.365. The van der Waals surface area contributed by atoms with Gasteiger partial charge < -0.3 is 10.5 Å². The van der Waals surface area contributed by atoms with Gasteiger partial charge in [0, 0.05) is 12.5 Å². The van der Waals surface area contributed by atoms with Crippen molar-refractivity contribution in [3.05, 3.63) is 18.5 Å². The molecule has 0 unspecified atom stereocenters. The maximum atomic E-state index is 11.7. The average molecular weight is 170 g/mol. The van der Waals surface area contributed by atoms with E-state index < -0.39 is 0 Å². The highest BCUT2D eigenvalue weighted by Crippen LogP contribution is 2.11. The zero-order valence-electron chi connectivity index (χ0n) is 6.66. The number of halogens is 1. The van der Waals surface area contributed by atoms with E-state index in [1.807, 2.05) is 0 Å². The molecular formula is C8H11FN2O. The Bertz CT molecular complexity index is 242. The van der Waals surface area contributed by atoms with Crippen LogP contribution in [0.5, 0.6) is 5.75 Å². The van der Waals surface area contributed by atoms with Crippen molar-refractivity contribution in [3.8, 4) is 5.75 Å². The van der Waals surface area contributed by atoms with Crippen molar-refractivity contribution < 1.29 is 9.13 Å². The van der Waals surface area contributed by atoms with Gasteiger partial charge in [0.2, 0.25) is 0 Å². The van der Waals surface area contributed by atoms with E-state index in [9.17, 15) is 4.39 Å². The summed E-state index contributed by atoms with van der Waals surface area (Å²) in [6.07, 6.45) is 3.48. The fraction of sp³-hybridized carbons (Fsp3) is 0.375. The number of nitrogens with two attached hydrogens (primary N) is 1. The Kier molecular flexibility index (Phi) is 3.32. The molecule has 4 heteroatoms. The van der Waals surface area contributed by atoms with Gasteiger partial charge in [0.1, 0.15) is 5.75 Å². The van der Waals surface area contributed by atoms with E-state index in [1.54, 1.807) is 12.3 Å². The molecule has 66 valence electrons. The molecule has 1 aromatic rings. The third-order valence-corrected chi connectivity index (χ3v) is 1.28. The molecule has 0 aliphatic heterocycles. The lowest BCUT2D eigenvalue weighted by atomic mass is 10.4. The van der Waals surface area contributed by atoms with Crippen LogP contribution in [-0.4, -0.2) is 18.3 Å². The first-order valence-electron chi connectivity index (χ1n) is 3.72. The van der Waals surface area contributed by atoms with E-state index >= 15 is 0 Å². The van der Waals surface area contributed by atoms with Crippen LogP contribution in [0, 0.1) is 0 Å². The van der Waals surface area contributed by atoms with Gasteiger partial charge in [-0.15, -0.1) is 0 Å². The molecule has 0 saturated carbocycles. The SMILES string of the molecule is Nc1cncc(OCCCF)c1. The topological polar surface area (TPSA) is 48.1 Å². The van der Waals surface area contributed by atoms with Gasteiger partial charge in [0.15, 0.2) is 0 Å². The number of aromatic nitrogens is 1. The monoisotopic (exact) mass is 170 g/mol. The van der Waals surface area contributed by atoms with Crippen LogP contribution in [0.15, 0.2) is 18.5 Å². The lowest BCUT2D eigenvalue weighted by molar-refractivity contribution is 0.289. The largest absolute Gasteiger partial charge is 0.492 e. The Labute approximate surface area is 70.4 Å². The molecule has 0 amide bonds. The van der Waals surface area contributed by atoms with Gasteiger partial charge in [-0.1, -0.05) is 0 Å². The summed E-state index contributed by atoms with van der Waals surface area (Å²) in [7, 11) is 0. The molecular weight excluding hydrogens is 159 g/mol. The van der Waals surface area contributed by atoms with Gasteiger partial charge in [0.05, 0.1) is 31.4 Å². The van der Waals surface area contributed by atoms with Crippen LogP contribution in [0.4, 0.5) is 10.1 Å². The van der Waals surface area contributed by atoms with Gasteiger partial charge in [-0.25, -0.2) is 0 Å². The molecule has 1 rings (SSSR count). The van der Waals surface area contributed by atoms with Gasteiger partial charge in [0.25, 0.3) is 0 Å². The number of pyridine rings is 1. The van der Waals surface area contributed by atoms with Crippen LogP contribution < -0.4 is 10.5 Å². The first kappa shape index (κ1) is 8.77. The standard InChI is InChI=1S/C8H11FN2O/c9-2-1-3-12-8-4-7(10)5-11-6-8/h4-6H,1-3,10H2. The summed E-state index contributed by atoms with van der Waals surface area (Å²) in [4.78, 5) is 3.82. The molecule has 0 atom stereocenters. The molecule has 0 radical (unpaired) electrons. The number of nitrogen functional groups attached to an aromatic ring is 1. The van der Waals surface area contributed by atoms with Gasteiger partial charge in [-0.2, -0.15) is 0 Å². The summed E-state index contributed by atoms with van der Waals surface area (Å²) in [5, 5.41) is 0. The summed E-state index contributed by atoms with van der Waals surface area (Å²) in [5.74, 6) is 0.587. The molecule has 0 fully saturated rings. The molecule has 0 aliphatic rings. The van der Waals surface area contributed by atoms with Crippen molar-refractivity contribution >= 4 is 5.69 Å². The fourth-order valence-electron chi connectivity index (χ4n) is 0.759. The van der Waals surface area contributed by atoms with Crippen molar-refractivity contribution in [2.75, 3.05) is 19.0 Å². The third kappa shape index (κ3) is 2.74. The second-order valence-electron chi connectivity index (χ2n) is 2.34. The predicted octanol–water partition coefficient (Wildman–Crippen LogP) is 1.40. The Hall–Kier alpha value is -1.32. The van der Waals surface area contributed by atoms with E-state index in [2.05, 4.69) is 4.98 Å². The fourth-order valence-corrected chi connectivity index (χ4v) is 0.759. The Morgan fingerprint density at radius 3 is 3.00 bits per heavy atom. The molecule has 3 nitrogen and oxygen atoms in total. The molecule has 1 aromatic heterocycles. The average Bonchev–Trinajstić information content (AvgIpc) is 2.05. The summed E-state index contributed by atoms with van der Waals surface area (Å²) in [6, 6.07) is 1.66. The number of ether oxygens (including phenoxy) is 1. The van der Waals surface area contributed by atoms with E-state index in [0.29, 0.717) is 24.5 Å². The molecule has 12 heavy (non-hydrogen) atoms. The second-order valence-corrected chi connectivity index (χ2v) is 2.34. The molecule has 2 N–H and O–H groups in total. The summed E-state index contributed by atoms with van der Waals surface area (Å²) in [5.41, 5.74) is 6.00. The number of alkyl halides is 1. The quantitative estimate of drug-likeness (QED) is 0.695. The van der Waals surface area contributed by atoms with Crippen molar-refractivity contribution in [2.45, 2.75) is 6.42 Å². The number of nitrogens with zero attached hydrogens (tertiary/aromatic N) is 1. The Morgan fingerprint density at radius 1 is 1.50 bits per heavy atom. The summed E-state index contributed by atoms with van der Waals surface area (Å²) >= 11 is 0. The molecule has 0 aliphatic carbocycles. The zero-order valence-corrected chi connectivity index (χ0v) is 6.66. The third-order valence-electron chi connectivity index (χ3n) is 1.28. The van der Waals surface area contributed by atoms with Crippen molar-refractivity contribution in [1.82, 2.24) is 4.98 Å². The zero-order chi connectivity index (χ0) is 8.81. The van der Waals surface area contributed by atoms with E-state index in [-0.39, 0.29) is 6.67 Å². The van der Waals surface area contributed by atoms with Crippen LogP contribution in [-0.2, 0) is 0 Å². The van der Waals surface area contributed by atoms with E-state index in [4.69, 9.17) is 10.5 Å². The Balaban J connectivity index is 2.41.